The molecule has 1 aromatic carbocycles. The highest BCUT2D eigenvalue weighted by Crippen LogP contribution is 2.33. The summed E-state index contributed by atoms with van der Waals surface area (Å²) < 4.78 is 5.84. The first-order chi connectivity index (χ1) is 7.83. The Labute approximate surface area is 97.8 Å². The van der Waals surface area contributed by atoms with E-state index in [0.717, 1.165) is 31.6 Å². The fourth-order valence-electron chi connectivity index (χ4n) is 2.31. The summed E-state index contributed by atoms with van der Waals surface area (Å²) in [5.74, 6) is 1.06. The smallest absolute Gasteiger partial charge is 0.122 e. The van der Waals surface area contributed by atoms with Gasteiger partial charge in [0, 0.05) is 6.04 Å². The molecule has 0 amide bonds. The third-order valence-corrected chi connectivity index (χ3v) is 3.27. The summed E-state index contributed by atoms with van der Waals surface area (Å²) >= 11 is 0. The summed E-state index contributed by atoms with van der Waals surface area (Å²) in [7, 11) is 0. The normalized spacial score (nSPS) is 19.2. The zero-order valence-electron chi connectivity index (χ0n) is 10.0. The number of hydrogen-bond acceptors (Lipinski definition) is 2. The molecule has 0 aliphatic heterocycles. The van der Waals surface area contributed by atoms with Gasteiger partial charge in [-0.05, 0) is 42.9 Å². The van der Waals surface area contributed by atoms with Gasteiger partial charge in [-0.15, -0.1) is 0 Å². The molecule has 0 radical (unpaired) electrons. The van der Waals surface area contributed by atoms with E-state index in [9.17, 15) is 0 Å². The minimum atomic E-state index is 0.207. The van der Waals surface area contributed by atoms with Crippen molar-refractivity contribution in [1.29, 1.82) is 0 Å². The zero-order chi connectivity index (χ0) is 11.4. The zero-order valence-corrected chi connectivity index (χ0v) is 10.0. The third-order valence-electron chi connectivity index (χ3n) is 3.27. The van der Waals surface area contributed by atoms with Gasteiger partial charge in [0.1, 0.15) is 5.75 Å². The lowest BCUT2D eigenvalue weighted by atomic mass is 9.87. The monoisotopic (exact) mass is 219 g/mol. The molecular weight excluding hydrogens is 198 g/mol. The van der Waals surface area contributed by atoms with Crippen molar-refractivity contribution in [2.24, 2.45) is 5.73 Å². The molecular formula is C14H21NO. The first kappa shape index (κ1) is 11.5. The van der Waals surface area contributed by atoms with Crippen LogP contribution in [0.25, 0.3) is 0 Å². The van der Waals surface area contributed by atoms with Crippen LogP contribution in [0.5, 0.6) is 5.75 Å². The number of fused-ring (bicyclic) bond motifs is 1. The maximum absolute atomic E-state index is 6.11. The van der Waals surface area contributed by atoms with E-state index in [2.05, 4.69) is 25.1 Å². The van der Waals surface area contributed by atoms with E-state index in [1.54, 1.807) is 0 Å². The molecule has 0 aromatic heterocycles. The second-order valence-corrected chi connectivity index (χ2v) is 4.52. The van der Waals surface area contributed by atoms with Crippen LogP contribution in [0.15, 0.2) is 18.2 Å². The summed E-state index contributed by atoms with van der Waals surface area (Å²) in [6.07, 6.45) is 5.70. The second kappa shape index (κ2) is 5.35. The topological polar surface area (TPSA) is 35.2 Å². The lowest BCUT2D eigenvalue weighted by molar-refractivity contribution is 0.304. The Kier molecular flexibility index (Phi) is 3.83. The summed E-state index contributed by atoms with van der Waals surface area (Å²) in [6, 6.07) is 6.49. The quantitative estimate of drug-likeness (QED) is 0.789. The van der Waals surface area contributed by atoms with E-state index in [1.165, 1.54) is 24.0 Å². The number of nitrogens with two attached hydrogens (primary N) is 1. The molecule has 1 atom stereocenters. The van der Waals surface area contributed by atoms with Gasteiger partial charge in [0.2, 0.25) is 0 Å². The minimum Gasteiger partial charge on any atom is -0.493 e. The number of hydrogen-bond donors (Lipinski definition) is 1. The molecule has 88 valence electrons. The van der Waals surface area contributed by atoms with Gasteiger partial charge in [0.05, 0.1) is 6.61 Å². The molecule has 0 saturated heterocycles. The molecule has 2 rings (SSSR count). The Morgan fingerprint density at radius 2 is 2.31 bits per heavy atom. The van der Waals surface area contributed by atoms with Crippen molar-refractivity contribution in [3.8, 4) is 5.75 Å². The summed E-state index contributed by atoms with van der Waals surface area (Å²) in [4.78, 5) is 0. The number of rotatable bonds is 4. The standard InChI is InChI=1S/C14H21NO/c1-2-3-10-16-14-9-5-6-11-12(14)7-4-8-13(11)15/h5-6,9,13H,2-4,7-8,10,15H2,1H3. The molecule has 1 aliphatic carbocycles. The van der Waals surface area contributed by atoms with Crippen LogP contribution in [-0.4, -0.2) is 6.61 Å². The predicted octanol–water partition coefficient (Wildman–Crippen LogP) is 3.20. The Balaban J connectivity index is 2.15. The SMILES string of the molecule is CCCCOc1cccc2c1CCCC2N. The molecule has 1 unspecified atom stereocenters. The predicted molar refractivity (Wildman–Crippen MR) is 66.7 cm³/mol. The van der Waals surface area contributed by atoms with Crippen molar-refractivity contribution in [1.82, 2.24) is 0 Å². The first-order valence-corrected chi connectivity index (χ1v) is 6.33. The highest BCUT2D eigenvalue weighted by atomic mass is 16.5. The van der Waals surface area contributed by atoms with E-state index >= 15 is 0 Å². The van der Waals surface area contributed by atoms with Crippen molar-refractivity contribution >= 4 is 0 Å². The average molecular weight is 219 g/mol. The molecule has 0 heterocycles. The van der Waals surface area contributed by atoms with Crippen LogP contribution < -0.4 is 10.5 Å². The molecule has 0 spiro atoms. The molecule has 2 heteroatoms. The molecule has 0 saturated carbocycles. The van der Waals surface area contributed by atoms with Crippen LogP contribution in [0.4, 0.5) is 0 Å². The number of unbranched alkanes of at least 4 members (excludes halogenated alkanes) is 1. The van der Waals surface area contributed by atoms with Gasteiger partial charge in [0.15, 0.2) is 0 Å². The van der Waals surface area contributed by atoms with Gasteiger partial charge < -0.3 is 10.5 Å². The van der Waals surface area contributed by atoms with Gasteiger partial charge in [-0.25, -0.2) is 0 Å². The Morgan fingerprint density at radius 3 is 3.12 bits per heavy atom. The van der Waals surface area contributed by atoms with E-state index in [0.29, 0.717) is 0 Å². The Morgan fingerprint density at radius 1 is 1.44 bits per heavy atom. The van der Waals surface area contributed by atoms with Crippen LogP contribution in [-0.2, 0) is 6.42 Å². The fourth-order valence-corrected chi connectivity index (χ4v) is 2.31. The number of ether oxygens (including phenoxy) is 1. The van der Waals surface area contributed by atoms with Gasteiger partial charge in [-0.1, -0.05) is 25.5 Å². The molecule has 16 heavy (non-hydrogen) atoms. The van der Waals surface area contributed by atoms with Crippen molar-refractivity contribution in [2.45, 2.75) is 45.1 Å². The summed E-state index contributed by atoms with van der Waals surface area (Å²) in [5, 5.41) is 0. The van der Waals surface area contributed by atoms with Crippen LogP contribution in [0.2, 0.25) is 0 Å². The van der Waals surface area contributed by atoms with Crippen molar-refractivity contribution in [3.63, 3.8) is 0 Å². The van der Waals surface area contributed by atoms with Crippen LogP contribution in [0, 0.1) is 0 Å². The maximum Gasteiger partial charge on any atom is 0.122 e. The van der Waals surface area contributed by atoms with Crippen LogP contribution in [0.1, 0.15) is 49.8 Å². The van der Waals surface area contributed by atoms with E-state index in [1.807, 2.05) is 0 Å². The lowest BCUT2D eigenvalue weighted by Gasteiger charge is -2.24. The average Bonchev–Trinajstić information content (AvgIpc) is 2.31. The lowest BCUT2D eigenvalue weighted by Crippen LogP contribution is -2.18. The summed E-state index contributed by atoms with van der Waals surface area (Å²) in [6.45, 7) is 3.00. The van der Waals surface area contributed by atoms with Gasteiger partial charge in [0.25, 0.3) is 0 Å². The van der Waals surface area contributed by atoms with E-state index in [-0.39, 0.29) is 6.04 Å². The highest BCUT2D eigenvalue weighted by Gasteiger charge is 2.19. The van der Waals surface area contributed by atoms with E-state index < -0.39 is 0 Å². The van der Waals surface area contributed by atoms with Crippen LogP contribution >= 0.6 is 0 Å². The Hall–Kier alpha value is -1.02. The minimum absolute atomic E-state index is 0.207. The third kappa shape index (κ3) is 2.38. The molecule has 2 nitrogen and oxygen atoms in total. The molecule has 0 fully saturated rings. The fraction of sp³-hybridized carbons (Fsp3) is 0.571. The maximum atomic E-state index is 6.11. The van der Waals surface area contributed by atoms with Gasteiger partial charge in [-0.3, -0.25) is 0 Å². The highest BCUT2D eigenvalue weighted by molar-refractivity contribution is 5.43. The van der Waals surface area contributed by atoms with Crippen LogP contribution in [0.3, 0.4) is 0 Å². The molecule has 0 bridgehead atoms. The van der Waals surface area contributed by atoms with Crippen molar-refractivity contribution in [2.75, 3.05) is 6.61 Å². The molecule has 1 aromatic rings. The number of benzene rings is 1. The van der Waals surface area contributed by atoms with Gasteiger partial charge >= 0.3 is 0 Å². The second-order valence-electron chi connectivity index (χ2n) is 4.52. The molecule has 1 aliphatic rings. The largest absolute Gasteiger partial charge is 0.493 e. The van der Waals surface area contributed by atoms with Gasteiger partial charge in [-0.2, -0.15) is 0 Å². The summed E-state index contributed by atoms with van der Waals surface area (Å²) in [5.41, 5.74) is 8.75. The Bertz CT molecular complexity index is 349. The van der Waals surface area contributed by atoms with Crippen molar-refractivity contribution < 1.29 is 4.74 Å². The van der Waals surface area contributed by atoms with E-state index in [4.69, 9.17) is 10.5 Å². The first-order valence-electron chi connectivity index (χ1n) is 6.33. The van der Waals surface area contributed by atoms with Crippen molar-refractivity contribution in [3.05, 3.63) is 29.3 Å². The molecule has 2 N–H and O–H groups in total.